The number of furan rings is 1. The molecule has 1 saturated carbocycles. The van der Waals surface area contributed by atoms with Crippen molar-refractivity contribution >= 4 is 23.4 Å². The molecule has 1 N–H and O–H groups in total. The van der Waals surface area contributed by atoms with E-state index in [1.807, 2.05) is 6.92 Å². The Morgan fingerprint density at radius 1 is 1.18 bits per heavy atom. The van der Waals surface area contributed by atoms with E-state index in [2.05, 4.69) is 5.32 Å². The summed E-state index contributed by atoms with van der Waals surface area (Å²) in [6.07, 6.45) is 7.95. The highest BCUT2D eigenvalue weighted by Crippen LogP contribution is 2.33. The second kappa shape index (κ2) is 12.5. The first kappa shape index (κ1) is 25.0. The van der Waals surface area contributed by atoms with Crippen LogP contribution in [-0.2, 0) is 16.1 Å². The molecule has 1 heterocycles. The van der Waals surface area contributed by atoms with Crippen LogP contribution in [-0.4, -0.2) is 42.4 Å². The number of halogens is 1. The summed E-state index contributed by atoms with van der Waals surface area (Å²) in [6, 6.07) is 8.02. The number of methoxy groups -OCH3 is 1. The van der Waals surface area contributed by atoms with Gasteiger partial charge < -0.3 is 24.1 Å². The maximum atomic E-state index is 13.7. The van der Waals surface area contributed by atoms with Gasteiger partial charge in [-0.15, -0.1) is 11.6 Å². The molecule has 7 nitrogen and oxygen atoms in total. The molecule has 1 aliphatic carbocycles. The predicted octanol–water partition coefficient (Wildman–Crippen LogP) is 4.83. The fourth-order valence-corrected chi connectivity index (χ4v) is 4.43. The topological polar surface area (TPSA) is 81.0 Å². The molecule has 1 aromatic heterocycles. The molecule has 1 fully saturated rings. The molecule has 2 amide bonds. The van der Waals surface area contributed by atoms with Crippen molar-refractivity contribution in [1.82, 2.24) is 10.2 Å². The predicted molar refractivity (Wildman–Crippen MR) is 127 cm³/mol. The van der Waals surface area contributed by atoms with E-state index in [-0.39, 0.29) is 30.3 Å². The number of hydrogen-bond acceptors (Lipinski definition) is 5. The fraction of sp³-hybridized carbons (Fsp3) is 0.520. The molecule has 2 aromatic rings. The standard InChI is InChI=1S/C25H33ClN2O5/c1-3-32-21-13-12-18(15-22(21)31-2)24(25(30)27-19-9-6-4-5-7-10-19)28(23(29)16-26)17-20-11-8-14-33-20/h8,11-15,19,24H,3-7,9-10,16-17H2,1-2H3,(H,27,30)/t24-/m1/s1. The average molecular weight is 477 g/mol. The van der Waals surface area contributed by atoms with Crippen LogP contribution < -0.4 is 14.8 Å². The molecule has 1 aliphatic rings. The Morgan fingerprint density at radius 2 is 1.94 bits per heavy atom. The maximum Gasteiger partial charge on any atom is 0.247 e. The van der Waals surface area contributed by atoms with Gasteiger partial charge in [0.15, 0.2) is 11.5 Å². The zero-order valence-corrected chi connectivity index (χ0v) is 20.1. The highest BCUT2D eigenvalue weighted by atomic mass is 35.5. The molecule has 0 spiro atoms. The van der Waals surface area contributed by atoms with E-state index >= 15 is 0 Å². The molecule has 1 atom stereocenters. The highest BCUT2D eigenvalue weighted by molar-refractivity contribution is 6.27. The van der Waals surface area contributed by atoms with Gasteiger partial charge in [-0.1, -0.05) is 31.7 Å². The molecule has 8 heteroatoms. The number of carbonyl (C=O) groups excluding carboxylic acids is 2. The lowest BCUT2D eigenvalue weighted by atomic mass is 10.0. The van der Waals surface area contributed by atoms with Gasteiger partial charge in [-0.05, 0) is 49.6 Å². The molecule has 33 heavy (non-hydrogen) atoms. The molecule has 1 aromatic carbocycles. The number of hydrogen-bond donors (Lipinski definition) is 1. The summed E-state index contributed by atoms with van der Waals surface area (Å²) >= 11 is 5.96. The van der Waals surface area contributed by atoms with Crippen LogP contribution in [0.1, 0.15) is 62.8 Å². The van der Waals surface area contributed by atoms with Crippen molar-refractivity contribution in [2.45, 2.75) is 64.1 Å². The molecule has 0 bridgehead atoms. The second-order valence-corrected chi connectivity index (χ2v) is 8.44. The van der Waals surface area contributed by atoms with E-state index < -0.39 is 6.04 Å². The minimum absolute atomic E-state index is 0.0867. The van der Waals surface area contributed by atoms with E-state index in [0.29, 0.717) is 29.4 Å². The lowest BCUT2D eigenvalue weighted by Crippen LogP contribution is -2.46. The minimum atomic E-state index is -0.894. The van der Waals surface area contributed by atoms with Crippen LogP contribution in [0.4, 0.5) is 0 Å². The highest BCUT2D eigenvalue weighted by Gasteiger charge is 2.33. The van der Waals surface area contributed by atoms with Crippen molar-refractivity contribution in [1.29, 1.82) is 0 Å². The monoisotopic (exact) mass is 476 g/mol. The van der Waals surface area contributed by atoms with Crippen molar-refractivity contribution < 1.29 is 23.5 Å². The minimum Gasteiger partial charge on any atom is -0.493 e. The Morgan fingerprint density at radius 3 is 2.55 bits per heavy atom. The summed E-state index contributed by atoms with van der Waals surface area (Å²) in [5, 5.41) is 3.20. The number of carbonyl (C=O) groups is 2. The molecule has 3 rings (SSSR count). The Balaban J connectivity index is 1.98. The van der Waals surface area contributed by atoms with Crippen LogP contribution >= 0.6 is 11.6 Å². The summed E-state index contributed by atoms with van der Waals surface area (Å²) < 4.78 is 16.6. The van der Waals surface area contributed by atoms with Gasteiger partial charge in [-0.3, -0.25) is 9.59 Å². The first-order valence-corrected chi connectivity index (χ1v) is 12.1. The maximum absolute atomic E-state index is 13.7. The Kier molecular flexibility index (Phi) is 9.48. The SMILES string of the molecule is CCOc1ccc([C@H](C(=O)NC2CCCCCC2)N(Cc2ccco2)C(=O)CCl)cc1OC. The Hall–Kier alpha value is -2.67. The van der Waals surface area contributed by atoms with E-state index in [4.69, 9.17) is 25.5 Å². The first-order valence-electron chi connectivity index (χ1n) is 11.6. The first-order chi connectivity index (χ1) is 16.1. The van der Waals surface area contributed by atoms with Crippen molar-refractivity contribution in [3.8, 4) is 11.5 Å². The van der Waals surface area contributed by atoms with Gasteiger partial charge in [0.1, 0.15) is 17.7 Å². The third kappa shape index (κ3) is 6.67. The van der Waals surface area contributed by atoms with Crippen molar-refractivity contribution in [3.63, 3.8) is 0 Å². The third-order valence-electron chi connectivity index (χ3n) is 5.91. The van der Waals surface area contributed by atoms with Crippen LogP contribution in [0.3, 0.4) is 0 Å². The number of alkyl halides is 1. The summed E-state index contributed by atoms with van der Waals surface area (Å²) in [5.74, 6) is 0.798. The normalized spacial score (nSPS) is 15.4. The van der Waals surface area contributed by atoms with Crippen LogP contribution in [0.2, 0.25) is 0 Å². The number of nitrogens with one attached hydrogen (secondary N) is 1. The summed E-state index contributed by atoms with van der Waals surface area (Å²) in [5.41, 5.74) is 0.617. The van der Waals surface area contributed by atoms with Gasteiger partial charge in [-0.25, -0.2) is 0 Å². The number of amides is 2. The van der Waals surface area contributed by atoms with Gasteiger partial charge in [0.25, 0.3) is 0 Å². The van der Waals surface area contributed by atoms with E-state index in [1.165, 1.54) is 17.7 Å². The zero-order chi connectivity index (χ0) is 23.6. The quantitative estimate of drug-likeness (QED) is 0.392. The molecule has 0 unspecified atom stereocenters. The van der Waals surface area contributed by atoms with Crippen LogP contribution in [0.25, 0.3) is 0 Å². The summed E-state index contributed by atoms with van der Waals surface area (Å²) in [6.45, 7) is 2.49. The molecule has 0 saturated heterocycles. The molecule has 0 radical (unpaired) electrons. The molecule has 180 valence electrons. The van der Waals surface area contributed by atoms with Crippen LogP contribution in [0.15, 0.2) is 41.0 Å². The Bertz CT molecular complexity index is 894. The summed E-state index contributed by atoms with van der Waals surface area (Å²) in [4.78, 5) is 28.1. The summed E-state index contributed by atoms with van der Waals surface area (Å²) in [7, 11) is 1.55. The average Bonchev–Trinajstić information content (AvgIpc) is 3.21. The number of nitrogens with zero attached hydrogens (tertiary/aromatic N) is 1. The van der Waals surface area contributed by atoms with E-state index in [0.717, 1.165) is 25.7 Å². The van der Waals surface area contributed by atoms with Gasteiger partial charge in [0.05, 0.1) is 26.5 Å². The van der Waals surface area contributed by atoms with Gasteiger partial charge in [-0.2, -0.15) is 0 Å². The molecule has 0 aliphatic heterocycles. The lowest BCUT2D eigenvalue weighted by Gasteiger charge is -2.32. The zero-order valence-electron chi connectivity index (χ0n) is 19.3. The van der Waals surface area contributed by atoms with Gasteiger partial charge in [0, 0.05) is 6.04 Å². The lowest BCUT2D eigenvalue weighted by molar-refractivity contribution is -0.140. The number of ether oxygens (including phenoxy) is 2. The molecular formula is C25H33ClN2O5. The van der Waals surface area contributed by atoms with E-state index in [1.54, 1.807) is 43.7 Å². The van der Waals surface area contributed by atoms with Crippen molar-refractivity contribution in [3.05, 3.63) is 47.9 Å². The second-order valence-electron chi connectivity index (χ2n) is 8.18. The third-order valence-corrected chi connectivity index (χ3v) is 6.13. The smallest absolute Gasteiger partial charge is 0.247 e. The number of benzene rings is 1. The van der Waals surface area contributed by atoms with Gasteiger partial charge in [0.2, 0.25) is 11.8 Å². The van der Waals surface area contributed by atoms with Crippen LogP contribution in [0.5, 0.6) is 11.5 Å². The number of rotatable bonds is 10. The largest absolute Gasteiger partial charge is 0.493 e. The van der Waals surface area contributed by atoms with E-state index in [9.17, 15) is 9.59 Å². The molecular weight excluding hydrogens is 444 g/mol. The van der Waals surface area contributed by atoms with Crippen molar-refractivity contribution in [2.75, 3.05) is 19.6 Å². The van der Waals surface area contributed by atoms with Crippen molar-refractivity contribution in [2.24, 2.45) is 0 Å². The fourth-order valence-electron chi connectivity index (χ4n) is 4.28. The van der Waals surface area contributed by atoms with Crippen LogP contribution in [0, 0.1) is 0 Å². The Labute approximate surface area is 200 Å². The van der Waals surface area contributed by atoms with Gasteiger partial charge >= 0.3 is 0 Å².